The highest BCUT2D eigenvalue weighted by atomic mass is 16.5. The van der Waals surface area contributed by atoms with Crippen LogP contribution in [0.1, 0.15) is 35.3 Å². The van der Waals surface area contributed by atoms with Gasteiger partial charge >= 0.3 is 0 Å². The van der Waals surface area contributed by atoms with Crippen LogP contribution in [0.4, 0.5) is 0 Å². The topological polar surface area (TPSA) is 111 Å². The first-order chi connectivity index (χ1) is 17.0. The molecule has 4 rings (SSSR count). The lowest BCUT2D eigenvalue weighted by atomic mass is 10.1. The molecule has 1 aromatic heterocycles. The fourth-order valence-electron chi connectivity index (χ4n) is 3.37. The van der Waals surface area contributed by atoms with Gasteiger partial charge in [-0.3, -0.25) is 20.4 Å². The summed E-state index contributed by atoms with van der Waals surface area (Å²) in [6.45, 7) is 4.29. The number of nitrogens with one attached hydrogen (secondary N) is 2. The normalized spacial score (nSPS) is 10.7. The maximum atomic E-state index is 12.4. The number of nitrogens with zero attached hydrogens (tertiary/aromatic N) is 4. The smallest absolute Gasteiger partial charge is 0.269 e. The van der Waals surface area contributed by atoms with Crippen molar-refractivity contribution in [2.45, 2.75) is 32.9 Å². The summed E-state index contributed by atoms with van der Waals surface area (Å²) in [4.78, 5) is 26.2. The fourth-order valence-corrected chi connectivity index (χ4v) is 3.37. The molecule has 0 atom stereocenters. The maximum absolute atomic E-state index is 12.4. The van der Waals surface area contributed by atoms with E-state index in [9.17, 15) is 9.59 Å². The van der Waals surface area contributed by atoms with Crippen LogP contribution in [0, 0.1) is 0 Å². The van der Waals surface area contributed by atoms with Crippen LogP contribution in [0.25, 0.3) is 11.4 Å². The molecule has 0 aliphatic carbocycles. The van der Waals surface area contributed by atoms with E-state index in [1.807, 2.05) is 80.6 Å². The molecule has 0 unspecified atom stereocenters. The molecule has 178 valence electrons. The second-order valence-electron chi connectivity index (χ2n) is 8.20. The van der Waals surface area contributed by atoms with Gasteiger partial charge in [-0.05, 0) is 54.5 Å². The summed E-state index contributed by atoms with van der Waals surface area (Å²) < 4.78 is 5.65. The van der Waals surface area contributed by atoms with E-state index in [0.29, 0.717) is 23.7 Å². The van der Waals surface area contributed by atoms with Crippen LogP contribution in [0.2, 0.25) is 0 Å². The summed E-state index contributed by atoms with van der Waals surface area (Å²) in [6.07, 6.45) is 0.161. The Morgan fingerprint density at radius 2 is 1.69 bits per heavy atom. The van der Waals surface area contributed by atoms with E-state index in [2.05, 4.69) is 26.3 Å². The Morgan fingerprint density at radius 3 is 2.43 bits per heavy atom. The lowest BCUT2D eigenvalue weighted by molar-refractivity contribution is -0.121. The second-order valence-corrected chi connectivity index (χ2v) is 8.20. The van der Waals surface area contributed by atoms with Crippen LogP contribution in [-0.2, 0) is 17.8 Å². The molecule has 1 heterocycles. The minimum atomic E-state index is -0.410. The van der Waals surface area contributed by atoms with Crippen LogP contribution in [0.5, 0.6) is 5.75 Å². The molecule has 2 N–H and O–H groups in total. The highest BCUT2D eigenvalue weighted by Gasteiger charge is 2.10. The Labute approximate surface area is 203 Å². The van der Waals surface area contributed by atoms with Crippen LogP contribution in [0.15, 0.2) is 78.9 Å². The molecule has 0 radical (unpaired) electrons. The highest BCUT2D eigenvalue weighted by Crippen LogP contribution is 2.15. The Balaban J connectivity index is 1.27. The number of hydrogen-bond acceptors (Lipinski definition) is 6. The summed E-state index contributed by atoms with van der Waals surface area (Å²) in [5.74, 6) is 0.513. The molecular formula is C26H26N6O3. The van der Waals surface area contributed by atoms with Gasteiger partial charge in [0.25, 0.3) is 5.91 Å². The average molecular weight is 471 g/mol. The van der Waals surface area contributed by atoms with Crippen molar-refractivity contribution in [2.75, 3.05) is 0 Å². The van der Waals surface area contributed by atoms with Crippen molar-refractivity contribution in [3.8, 4) is 17.1 Å². The molecule has 0 bridgehead atoms. The van der Waals surface area contributed by atoms with E-state index in [0.717, 1.165) is 16.7 Å². The molecule has 9 heteroatoms. The lowest BCUT2D eigenvalue weighted by Gasteiger charge is -2.11. The Bertz CT molecular complexity index is 1290. The molecule has 0 aliphatic rings. The van der Waals surface area contributed by atoms with E-state index in [1.165, 1.54) is 4.80 Å². The van der Waals surface area contributed by atoms with Crippen LogP contribution >= 0.6 is 0 Å². The number of benzene rings is 3. The largest absolute Gasteiger partial charge is 0.491 e. The van der Waals surface area contributed by atoms with Gasteiger partial charge in [0.05, 0.1) is 19.1 Å². The molecule has 0 saturated heterocycles. The first-order valence-electron chi connectivity index (χ1n) is 11.2. The third kappa shape index (κ3) is 6.73. The van der Waals surface area contributed by atoms with Crippen LogP contribution in [-0.4, -0.2) is 38.1 Å². The predicted octanol–water partition coefficient (Wildman–Crippen LogP) is 3.18. The van der Waals surface area contributed by atoms with Gasteiger partial charge in [-0.15, -0.1) is 10.2 Å². The van der Waals surface area contributed by atoms with Crippen molar-refractivity contribution in [1.82, 2.24) is 31.1 Å². The zero-order valence-electron chi connectivity index (χ0n) is 19.5. The van der Waals surface area contributed by atoms with Gasteiger partial charge in [0.1, 0.15) is 5.75 Å². The third-order valence-electron chi connectivity index (χ3n) is 4.98. The van der Waals surface area contributed by atoms with E-state index in [1.54, 1.807) is 12.1 Å². The predicted molar refractivity (Wildman–Crippen MR) is 130 cm³/mol. The Kier molecular flexibility index (Phi) is 7.47. The standard InChI is InChI=1S/C26H26N6O3/c1-18(2)35-23-10-6-7-20(15-23)16-24(33)27-29-26(34)22-13-11-19(12-14-22)17-32-30-25(28-31-32)21-8-4-3-5-9-21/h3-15,18H,16-17H2,1-2H3,(H,27,33)(H,29,34). The fraction of sp³-hybridized carbons (Fsp3) is 0.192. The Hall–Kier alpha value is -4.53. The van der Waals surface area contributed by atoms with Gasteiger partial charge in [-0.2, -0.15) is 4.80 Å². The number of rotatable bonds is 8. The summed E-state index contributed by atoms with van der Waals surface area (Å²) in [6, 6.07) is 23.9. The van der Waals surface area contributed by atoms with Crippen molar-refractivity contribution < 1.29 is 14.3 Å². The molecule has 0 fully saturated rings. The summed E-state index contributed by atoms with van der Waals surface area (Å²) in [5, 5.41) is 12.6. The highest BCUT2D eigenvalue weighted by molar-refractivity contribution is 5.95. The van der Waals surface area contributed by atoms with Crippen molar-refractivity contribution in [1.29, 1.82) is 0 Å². The van der Waals surface area contributed by atoms with E-state index in [4.69, 9.17) is 4.74 Å². The van der Waals surface area contributed by atoms with Gasteiger partial charge in [0.2, 0.25) is 11.7 Å². The first-order valence-corrected chi connectivity index (χ1v) is 11.2. The number of carbonyl (C=O) groups excluding carboxylic acids is 2. The zero-order chi connectivity index (χ0) is 24.6. The van der Waals surface area contributed by atoms with Gasteiger partial charge in [-0.1, -0.05) is 54.6 Å². The van der Waals surface area contributed by atoms with E-state index in [-0.39, 0.29) is 18.4 Å². The zero-order valence-corrected chi connectivity index (χ0v) is 19.5. The number of ether oxygens (including phenoxy) is 1. The maximum Gasteiger partial charge on any atom is 0.269 e. The number of carbonyl (C=O) groups is 2. The molecule has 9 nitrogen and oxygen atoms in total. The van der Waals surface area contributed by atoms with Gasteiger partial charge in [0.15, 0.2) is 0 Å². The van der Waals surface area contributed by atoms with E-state index >= 15 is 0 Å². The second kappa shape index (κ2) is 11.1. The molecule has 3 aromatic carbocycles. The quantitative estimate of drug-likeness (QED) is 0.383. The molecule has 0 spiro atoms. The van der Waals surface area contributed by atoms with Crippen molar-refractivity contribution >= 4 is 11.8 Å². The summed E-state index contributed by atoms with van der Waals surface area (Å²) >= 11 is 0. The lowest BCUT2D eigenvalue weighted by Crippen LogP contribution is -2.42. The number of aromatic nitrogens is 4. The summed E-state index contributed by atoms with van der Waals surface area (Å²) in [5.41, 5.74) is 7.90. The van der Waals surface area contributed by atoms with Gasteiger partial charge in [-0.25, -0.2) is 0 Å². The van der Waals surface area contributed by atoms with Gasteiger partial charge in [0, 0.05) is 11.1 Å². The number of hydrogen-bond donors (Lipinski definition) is 2. The van der Waals surface area contributed by atoms with Gasteiger partial charge < -0.3 is 4.74 Å². The first kappa shape index (κ1) is 23.6. The average Bonchev–Trinajstić information content (AvgIpc) is 3.32. The molecule has 4 aromatic rings. The van der Waals surface area contributed by atoms with Crippen LogP contribution in [0.3, 0.4) is 0 Å². The van der Waals surface area contributed by atoms with Crippen LogP contribution < -0.4 is 15.6 Å². The minimum absolute atomic E-state index is 0.0454. The number of tetrazole rings is 1. The monoisotopic (exact) mass is 470 g/mol. The SMILES string of the molecule is CC(C)Oc1cccc(CC(=O)NNC(=O)c2ccc(Cn3nnc(-c4ccccc4)n3)cc2)c1. The molecule has 0 aliphatic heterocycles. The number of amides is 2. The number of hydrazine groups is 1. The molecule has 2 amide bonds. The molecular weight excluding hydrogens is 444 g/mol. The van der Waals surface area contributed by atoms with Crippen molar-refractivity contribution in [3.63, 3.8) is 0 Å². The minimum Gasteiger partial charge on any atom is -0.491 e. The molecule has 0 saturated carbocycles. The molecule has 35 heavy (non-hydrogen) atoms. The van der Waals surface area contributed by atoms with Crippen molar-refractivity contribution in [2.24, 2.45) is 0 Å². The van der Waals surface area contributed by atoms with E-state index < -0.39 is 5.91 Å². The Morgan fingerprint density at radius 1 is 0.914 bits per heavy atom. The summed E-state index contributed by atoms with van der Waals surface area (Å²) in [7, 11) is 0. The van der Waals surface area contributed by atoms with Crippen molar-refractivity contribution in [3.05, 3.63) is 95.6 Å². The third-order valence-corrected chi connectivity index (χ3v) is 4.98.